The van der Waals surface area contributed by atoms with Crippen molar-refractivity contribution in [1.29, 1.82) is 0 Å². The standard InChI is InChI=1S/C17H26O4/c1-11-10-16-14(5-3-9-19-16)20-15-7-6-12-13(21-17(11)15)4-2-8-18-12/h6-7,11-17H,2-5,8-10H2,1H3/t11-,12-,13+,14-,15+,16+,17-/m1/s1. The molecule has 4 aliphatic heterocycles. The van der Waals surface area contributed by atoms with E-state index < -0.39 is 0 Å². The molecule has 0 saturated carbocycles. The van der Waals surface area contributed by atoms with Gasteiger partial charge in [0.25, 0.3) is 0 Å². The van der Waals surface area contributed by atoms with Gasteiger partial charge in [-0.05, 0) is 38.0 Å². The van der Waals surface area contributed by atoms with Crippen LogP contribution in [0, 0.1) is 5.92 Å². The Kier molecular flexibility index (Phi) is 4.05. The van der Waals surface area contributed by atoms with Crippen molar-refractivity contribution < 1.29 is 18.9 Å². The summed E-state index contributed by atoms with van der Waals surface area (Å²) in [5.41, 5.74) is 0. The Balaban J connectivity index is 1.56. The summed E-state index contributed by atoms with van der Waals surface area (Å²) in [6, 6.07) is 0. The van der Waals surface area contributed by atoms with Crippen molar-refractivity contribution >= 4 is 0 Å². The minimum Gasteiger partial charge on any atom is -0.376 e. The second kappa shape index (κ2) is 5.99. The lowest BCUT2D eigenvalue weighted by atomic mass is 9.92. The first-order chi connectivity index (χ1) is 10.3. The molecular weight excluding hydrogens is 268 g/mol. The summed E-state index contributed by atoms with van der Waals surface area (Å²) in [6.07, 6.45) is 10.8. The Hall–Kier alpha value is -0.420. The van der Waals surface area contributed by atoms with Crippen molar-refractivity contribution in [2.24, 2.45) is 5.92 Å². The van der Waals surface area contributed by atoms with Crippen molar-refractivity contribution in [2.75, 3.05) is 13.2 Å². The van der Waals surface area contributed by atoms with E-state index in [-0.39, 0.29) is 36.6 Å². The zero-order valence-electron chi connectivity index (χ0n) is 12.8. The Morgan fingerprint density at radius 3 is 2.48 bits per heavy atom. The van der Waals surface area contributed by atoms with Crippen molar-refractivity contribution in [3.05, 3.63) is 12.2 Å². The number of hydrogen-bond donors (Lipinski definition) is 0. The summed E-state index contributed by atoms with van der Waals surface area (Å²) in [5, 5.41) is 0. The first-order valence-electron chi connectivity index (χ1n) is 8.54. The third-order valence-corrected chi connectivity index (χ3v) is 5.33. The fraction of sp³-hybridized carbons (Fsp3) is 0.882. The predicted octanol–water partition coefficient (Wildman–Crippen LogP) is 2.46. The third kappa shape index (κ3) is 2.79. The van der Waals surface area contributed by atoms with E-state index in [2.05, 4.69) is 19.1 Å². The molecule has 4 rings (SSSR count). The summed E-state index contributed by atoms with van der Waals surface area (Å²) < 4.78 is 24.6. The smallest absolute Gasteiger partial charge is 0.103 e. The van der Waals surface area contributed by atoms with E-state index in [0.717, 1.165) is 45.3 Å². The third-order valence-electron chi connectivity index (χ3n) is 5.33. The summed E-state index contributed by atoms with van der Waals surface area (Å²) in [6.45, 7) is 4.00. The van der Waals surface area contributed by atoms with Gasteiger partial charge in [-0.15, -0.1) is 0 Å². The molecule has 4 heterocycles. The van der Waals surface area contributed by atoms with Gasteiger partial charge in [-0.1, -0.05) is 19.1 Å². The molecule has 0 radical (unpaired) electrons. The van der Waals surface area contributed by atoms with Gasteiger partial charge in [-0.3, -0.25) is 0 Å². The summed E-state index contributed by atoms with van der Waals surface area (Å²) in [5.74, 6) is 0.452. The molecule has 0 spiro atoms. The minimum atomic E-state index is 0.0471. The molecule has 0 N–H and O–H groups in total. The molecule has 0 amide bonds. The van der Waals surface area contributed by atoms with E-state index in [1.54, 1.807) is 0 Å². The van der Waals surface area contributed by atoms with Crippen molar-refractivity contribution in [3.8, 4) is 0 Å². The van der Waals surface area contributed by atoms with E-state index >= 15 is 0 Å². The number of ether oxygens (including phenoxy) is 4. The van der Waals surface area contributed by atoms with Crippen LogP contribution < -0.4 is 0 Å². The maximum atomic E-state index is 6.45. The highest BCUT2D eigenvalue weighted by atomic mass is 16.6. The zero-order valence-corrected chi connectivity index (χ0v) is 12.8. The van der Waals surface area contributed by atoms with Crippen molar-refractivity contribution in [2.45, 2.75) is 75.7 Å². The van der Waals surface area contributed by atoms with Crippen LogP contribution in [0.5, 0.6) is 0 Å². The number of fused-ring (bicyclic) bond motifs is 3. The van der Waals surface area contributed by atoms with Crippen LogP contribution in [-0.4, -0.2) is 49.8 Å². The van der Waals surface area contributed by atoms with Gasteiger partial charge < -0.3 is 18.9 Å². The van der Waals surface area contributed by atoms with Crippen molar-refractivity contribution in [3.63, 3.8) is 0 Å². The monoisotopic (exact) mass is 294 g/mol. The molecule has 4 heteroatoms. The van der Waals surface area contributed by atoms with Gasteiger partial charge >= 0.3 is 0 Å². The van der Waals surface area contributed by atoms with Crippen LogP contribution >= 0.6 is 0 Å². The fourth-order valence-electron chi connectivity index (χ4n) is 4.18. The van der Waals surface area contributed by atoms with Gasteiger partial charge in [-0.2, -0.15) is 0 Å². The highest BCUT2D eigenvalue weighted by molar-refractivity contribution is 5.07. The maximum absolute atomic E-state index is 6.45. The first-order valence-corrected chi connectivity index (χ1v) is 8.54. The van der Waals surface area contributed by atoms with Crippen LogP contribution in [0.15, 0.2) is 12.2 Å². The predicted molar refractivity (Wildman–Crippen MR) is 78.2 cm³/mol. The molecule has 21 heavy (non-hydrogen) atoms. The Labute approximate surface area is 126 Å². The van der Waals surface area contributed by atoms with Crippen LogP contribution in [0.4, 0.5) is 0 Å². The second-order valence-corrected chi connectivity index (χ2v) is 6.91. The molecule has 118 valence electrons. The largest absolute Gasteiger partial charge is 0.376 e. The molecule has 4 aliphatic rings. The quantitative estimate of drug-likeness (QED) is 0.643. The van der Waals surface area contributed by atoms with Gasteiger partial charge in [0, 0.05) is 13.2 Å². The fourth-order valence-corrected chi connectivity index (χ4v) is 4.18. The van der Waals surface area contributed by atoms with Crippen LogP contribution in [0.1, 0.15) is 39.0 Å². The average molecular weight is 294 g/mol. The number of hydrogen-bond acceptors (Lipinski definition) is 4. The highest BCUT2D eigenvalue weighted by Gasteiger charge is 2.43. The van der Waals surface area contributed by atoms with Crippen LogP contribution in [0.25, 0.3) is 0 Å². The Morgan fingerprint density at radius 2 is 1.57 bits per heavy atom. The molecular formula is C17H26O4. The van der Waals surface area contributed by atoms with Gasteiger partial charge in [0.1, 0.15) is 12.2 Å². The molecule has 0 unspecified atom stereocenters. The van der Waals surface area contributed by atoms with Gasteiger partial charge in [0.15, 0.2) is 0 Å². The van der Waals surface area contributed by atoms with Gasteiger partial charge in [0.2, 0.25) is 0 Å². The first kappa shape index (κ1) is 14.2. The molecule has 0 bridgehead atoms. The maximum Gasteiger partial charge on any atom is 0.103 e. The lowest BCUT2D eigenvalue weighted by molar-refractivity contribution is -0.157. The topological polar surface area (TPSA) is 36.9 Å². The molecule has 3 saturated heterocycles. The van der Waals surface area contributed by atoms with Crippen LogP contribution in [0.2, 0.25) is 0 Å². The van der Waals surface area contributed by atoms with E-state index in [1.165, 1.54) is 0 Å². The summed E-state index contributed by atoms with van der Waals surface area (Å²) in [7, 11) is 0. The van der Waals surface area contributed by atoms with Crippen LogP contribution in [-0.2, 0) is 18.9 Å². The molecule has 7 atom stereocenters. The van der Waals surface area contributed by atoms with E-state index in [4.69, 9.17) is 18.9 Å². The lowest BCUT2D eigenvalue weighted by Gasteiger charge is -2.33. The Morgan fingerprint density at radius 1 is 0.810 bits per heavy atom. The average Bonchev–Trinajstić information content (AvgIpc) is 2.76. The normalized spacial score (nSPS) is 50.2. The van der Waals surface area contributed by atoms with E-state index in [1.807, 2.05) is 0 Å². The lowest BCUT2D eigenvalue weighted by Crippen LogP contribution is -2.41. The molecule has 0 aromatic carbocycles. The second-order valence-electron chi connectivity index (χ2n) is 6.91. The minimum absolute atomic E-state index is 0.0471. The molecule has 0 aliphatic carbocycles. The SMILES string of the molecule is C[C@@H]1C[C@@H]2OCCC[C@H]2O[C@H]2C=C[C@H]3OCCC[C@@H]3O[C@H]12. The molecule has 0 aromatic heterocycles. The Bertz CT molecular complexity index is 396. The summed E-state index contributed by atoms with van der Waals surface area (Å²) in [4.78, 5) is 0. The van der Waals surface area contributed by atoms with E-state index in [9.17, 15) is 0 Å². The van der Waals surface area contributed by atoms with Gasteiger partial charge in [-0.25, -0.2) is 0 Å². The highest BCUT2D eigenvalue weighted by Crippen LogP contribution is 2.36. The molecule has 4 nitrogen and oxygen atoms in total. The van der Waals surface area contributed by atoms with E-state index in [0.29, 0.717) is 5.92 Å². The molecule has 3 fully saturated rings. The number of rotatable bonds is 0. The zero-order chi connectivity index (χ0) is 14.2. The van der Waals surface area contributed by atoms with Crippen LogP contribution in [0.3, 0.4) is 0 Å². The summed E-state index contributed by atoms with van der Waals surface area (Å²) >= 11 is 0. The van der Waals surface area contributed by atoms with Crippen molar-refractivity contribution in [1.82, 2.24) is 0 Å². The van der Waals surface area contributed by atoms with Gasteiger partial charge in [0.05, 0.1) is 24.4 Å². The molecule has 0 aromatic rings.